The van der Waals surface area contributed by atoms with Crippen molar-refractivity contribution in [2.45, 2.75) is 6.61 Å². The molecular weight excluding hydrogens is 508 g/mol. The molecule has 3 N–H and O–H groups in total. The molecule has 4 aromatic rings. The molecule has 0 radical (unpaired) electrons. The third-order valence-corrected chi connectivity index (χ3v) is 7.19. The van der Waals surface area contributed by atoms with Gasteiger partial charge < -0.3 is 29.6 Å². The Bertz CT molecular complexity index is 1520. The highest BCUT2D eigenvalue weighted by Crippen LogP contribution is 2.35. The molecule has 1 aliphatic rings. The number of carboxylic acids is 1. The zero-order valence-corrected chi connectivity index (χ0v) is 20.9. The normalized spacial score (nSPS) is 13.2. The fourth-order valence-corrected chi connectivity index (χ4v) is 5.09. The van der Waals surface area contributed by atoms with E-state index in [4.69, 9.17) is 19.6 Å². The van der Waals surface area contributed by atoms with E-state index in [1.165, 1.54) is 18.6 Å². The minimum Gasteiger partial charge on any atom is -0.477 e. The first-order chi connectivity index (χ1) is 18.4. The van der Waals surface area contributed by atoms with E-state index in [-0.39, 0.29) is 28.5 Å². The lowest BCUT2D eigenvalue weighted by atomic mass is 10.0. The molecule has 1 amide bonds. The molecule has 0 aliphatic carbocycles. The summed E-state index contributed by atoms with van der Waals surface area (Å²) >= 11 is 0.882. The van der Waals surface area contributed by atoms with Gasteiger partial charge in [0.25, 0.3) is 0 Å². The van der Waals surface area contributed by atoms with Gasteiger partial charge in [-0.1, -0.05) is 12.1 Å². The summed E-state index contributed by atoms with van der Waals surface area (Å²) in [6, 6.07) is 14.8. The second kappa shape index (κ2) is 10.8. The van der Waals surface area contributed by atoms with Gasteiger partial charge in [-0.05, 0) is 30.3 Å². The molecule has 0 spiro atoms. The van der Waals surface area contributed by atoms with E-state index in [9.17, 15) is 20.0 Å². The number of nitrogens with two attached hydrogens (primary N) is 1. The molecular formula is C27H22N4O6S. The lowest BCUT2D eigenvalue weighted by molar-refractivity contribution is 0.0702. The predicted molar refractivity (Wildman–Crippen MR) is 139 cm³/mol. The van der Waals surface area contributed by atoms with Crippen molar-refractivity contribution >= 4 is 28.9 Å². The Hall–Kier alpha value is -4.66. The van der Waals surface area contributed by atoms with Crippen LogP contribution in [0, 0.1) is 11.3 Å². The Morgan fingerprint density at radius 3 is 2.55 bits per heavy atom. The summed E-state index contributed by atoms with van der Waals surface area (Å²) in [6.45, 7) is 2.81. The molecule has 1 aromatic carbocycles. The molecule has 11 heteroatoms. The van der Waals surface area contributed by atoms with Gasteiger partial charge in [0, 0.05) is 35.5 Å². The van der Waals surface area contributed by atoms with E-state index in [2.05, 4.69) is 16.0 Å². The van der Waals surface area contributed by atoms with Gasteiger partial charge in [-0.3, -0.25) is 4.79 Å². The number of carbonyl (C=O) groups is 2. The number of amides is 1. The van der Waals surface area contributed by atoms with Gasteiger partial charge in [-0.25, -0.2) is 9.78 Å². The third-order valence-electron chi connectivity index (χ3n) is 6.09. The first kappa shape index (κ1) is 25.0. The van der Waals surface area contributed by atoms with Crippen molar-refractivity contribution in [1.29, 1.82) is 5.26 Å². The van der Waals surface area contributed by atoms with Crippen LogP contribution in [-0.4, -0.2) is 48.3 Å². The van der Waals surface area contributed by atoms with Crippen LogP contribution in [-0.2, 0) is 11.3 Å². The fourth-order valence-electron chi connectivity index (χ4n) is 4.18. The second-order valence-electron chi connectivity index (χ2n) is 8.41. The molecule has 1 saturated heterocycles. The van der Waals surface area contributed by atoms with Crippen LogP contribution >= 0.6 is 11.3 Å². The average molecular weight is 531 g/mol. The van der Waals surface area contributed by atoms with Crippen molar-refractivity contribution in [3.63, 3.8) is 0 Å². The summed E-state index contributed by atoms with van der Waals surface area (Å²) < 4.78 is 16.6. The van der Waals surface area contributed by atoms with E-state index in [0.717, 1.165) is 35.7 Å². The largest absolute Gasteiger partial charge is 0.477 e. The monoisotopic (exact) mass is 530 g/mol. The summed E-state index contributed by atoms with van der Waals surface area (Å²) in [5, 5.41) is 19.3. The van der Waals surface area contributed by atoms with Crippen LogP contribution in [0.3, 0.4) is 0 Å². The molecule has 10 nitrogen and oxygen atoms in total. The number of carbonyl (C=O) groups excluding carboxylic acids is 1. The number of benzene rings is 1. The fraction of sp³-hybridized carbons (Fsp3) is 0.185. The second-order valence-corrected chi connectivity index (χ2v) is 9.55. The number of furan rings is 1. The minimum absolute atomic E-state index is 0.0409. The molecule has 192 valence electrons. The average Bonchev–Trinajstić information content (AvgIpc) is 3.63. The number of carboxylic acid groups (broad SMARTS) is 1. The molecule has 0 bridgehead atoms. The number of morpholine rings is 1. The van der Waals surface area contributed by atoms with Gasteiger partial charge in [0.05, 0.1) is 41.9 Å². The number of aromatic carboxylic acids is 1. The predicted octanol–water partition coefficient (Wildman–Crippen LogP) is 4.15. The lowest BCUT2D eigenvalue weighted by Crippen LogP contribution is -2.36. The summed E-state index contributed by atoms with van der Waals surface area (Å²) in [5.41, 5.74) is 9.34. The number of pyridine rings is 1. The van der Waals surface area contributed by atoms with Crippen molar-refractivity contribution < 1.29 is 28.6 Å². The highest BCUT2D eigenvalue weighted by molar-refractivity contribution is 7.14. The molecule has 3 aromatic heterocycles. The molecule has 0 unspecified atom stereocenters. The molecule has 1 aliphatic heterocycles. The molecule has 5 rings (SSSR count). The van der Waals surface area contributed by atoms with Gasteiger partial charge in [0.15, 0.2) is 0 Å². The van der Waals surface area contributed by atoms with Crippen LogP contribution < -0.4 is 15.4 Å². The maximum Gasteiger partial charge on any atom is 0.345 e. The van der Waals surface area contributed by atoms with Crippen molar-refractivity contribution in [3.05, 3.63) is 75.9 Å². The Balaban J connectivity index is 1.52. The van der Waals surface area contributed by atoms with E-state index >= 15 is 0 Å². The number of nitriles is 1. The number of thiophene rings is 1. The van der Waals surface area contributed by atoms with Crippen LogP contribution in [0.4, 0.5) is 5.69 Å². The van der Waals surface area contributed by atoms with Gasteiger partial charge in [-0.2, -0.15) is 5.26 Å². The van der Waals surface area contributed by atoms with Crippen molar-refractivity contribution in [2.75, 3.05) is 31.2 Å². The number of hydrogen-bond donors (Lipinski definition) is 2. The standard InChI is InChI=1S/C27H22N4O6S/c28-13-21-19(17-5-8-36-14-17)11-22(16-1-3-18(4-2-16)31-6-9-35-10-7-31)30-26(21)37-15-24-20(25(29)32)12-23(38-24)27(33)34/h1-5,8,11-12,14H,6-7,9-10,15H2,(H2,29,32)(H,33,34). The maximum atomic E-state index is 11.9. The third kappa shape index (κ3) is 5.08. The van der Waals surface area contributed by atoms with E-state index < -0.39 is 11.9 Å². The first-order valence-electron chi connectivity index (χ1n) is 11.6. The number of anilines is 1. The van der Waals surface area contributed by atoms with Crippen LogP contribution in [0.1, 0.15) is 30.5 Å². The van der Waals surface area contributed by atoms with Crippen molar-refractivity contribution in [2.24, 2.45) is 5.73 Å². The maximum absolute atomic E-state index is 11.9. The topological polar surface area (TPSA) is 152 Å². The zero-order chi connectivity index (χ0) is 26.6. The molecule has 0 saturated carbocycles. The van der Waals surface area contributed by atoms with E-state index in [1.54, 1.807) is 12.1 Å². The number of hydrogen-bond acceptors (Lipinski definition) is 9. The number of ether oxygens (including phenoxy) is 2. The Labute approximate surface area is 221 Å². The Morgan fingerprint density at radius 1 is 1.16 bits per heavy atom. The van der Waals surface area contributed by atoms with Crippen LogP contribution in [0.25, 0.3) is 22.4 Å². The summed E-state index contributed by atoms with van der Waals surface area (Å²) in [4.78, 5) is 30.4. The molecule has 4 heterocycles. The SMILES string of the molecule is N#Cc1c(-c2ccoc2)cc(-c2ccc(N3CCOCC3)cc2)nc1OCc1sc(C(=O)O)cc1C(N)=O. The number of rotatable bonds is 8. The zero-order valence-electron chi connectivity index (χ0n) is 20.0. The van der Waals surface area contributed by atoms with Crippen LogP contribution in [0.15, 0.2) is 59.4 Å². The van der Waals surface area contributed by atoms with Crippen molar-refractivity contribution in [1.82, 2.24) is 4.98 Å². The summed E-state index contributed by atoms with van der Waals surface area (Å²) in [6.07, 6.45) is 3.03. The highest BCUT2D eigenvalue weighted by Gasteiger charge is 2.21. The lowest BCUT2D eigenvalue weighted by Gasteiger charge is -2.28. The summed E-state index contributed by atoms with van der Waals surface area (Å²) in [5.74, 6) is -1.91. The van der Waals surface area contributed by atoms with E-state index in [0.29, 0.717) is 34.9 Å². The Morgan fingerprint density at radius 2 is 1.92 bits per heavy atom. The van der Waals surface area contributed by atoms with E-state index in [1.807, 2.05) is 24.3 Å². The smallest absolute Gasteiger partial charge is 0.345 e. The van der Waals surface area contributed by atoms with Gasteiger partial charge in [-0.15, -0.1) is 11.3 Å². The molecule has 1 fully saturated rings. The van der Waals surface area contributed by atoms with Crippen LogP contribution in [0.2, 0.25) is 0 Å². The van der Waals surface area contributed by atoms with Crippen LogP contribution in [0.5, 0.6) is 5.88 Å². The minimum atomic E-state index is -1.18. The number of aromatic nitrogens is 1. The van der Waals surface area contributed by atoms with Gasteiger partial charge in [0.1, 0.15) is 23.1 Å². The number of primary amides is 1. The molecule has 38 heavy (non-hydrogen) atoms. The number of nitrogens with zero attached hydrogens (tertiary/aromatic N) is 3. The first-order valence-corrected chi connectivity index (χ1v) is 12.5. The van der Waals surface area contributed by atoms with Gasteiger partial charge in [0.2, 0.25) is 11.8 Å². The quantitative estimate of drug-likeness (QED) is 0.342. The Kier molecular flexibility index (Phi) is 7.08. The summed E-state index contributed by atoms with van der Waals surface area (Å²) in [7, 11) is 0. The molecule has 0 atom stereocenters. The highest BCUT2D eigenvalue weighted by atomic mass is 32.1. The van der Waals surface area contributed by atoms with Crippen molar-refractivity contribution in [3.8, 4) is 34.3 Å². The van der Waals surface area contributed by atoms with Gasteiger partial charge >= 0.3 is 5.97 Å².